The number of rotatable bonds is 4. The standard InChI is InChI=1S/C12H22N4O2S/c1-9-11(10(2)16-15-9)19(17,18)14-8-12(13)6-4-3-5-7-12/h14H,3-8,13H2,1-2H3,(H,15,16). The SMILES string of the molecule is Cc1n[nH]c(C)c1S(=O)(=O)NCC1(N)CCCCC1. The topological polar surface area (TPSA) is 101 Å². The molecule has 0 unspecified atom stereocenters. The van der Waals surface area contributed by atoms with Gasteiger partial charge in [-0.05, 0) is 26.7 Å². The molecule has 1 aliphatic rings. The summed E-state index contributed by atoms with van der Waals surface area (Å²) in [4.78, 5) is 0.243. The van der Waals surface area contributed by atoms with Crippen molar-refractivity contribution < 1.29 is 8.42 Å². The van der Waals surface area contributed by atoms with Crippen LogP contribution >= 0.6 is 0 Å². The van der Waals surface area contributed by atoms with Crippen LogP contribution in [0, 0.1) is 13.8 Å². The monoisotopic (exact) mass is 286 g/mol. The molecule has 1 aromatic rings. The zero-order valence-corrected chi connectivity index (χ0v) is 12.3. The van der Waals surface area contributed by atoms with Crippen LogP contribution in [0.25, 0.3) is 0 Å². The molecule has 0 aliphatic heterocycles. The summed E-state index contributed by atoms with van der Waals surface area (Å²) >= 11 is 0. The minimum absolute atomic E-state index is 0.243. The molecule has 19 heavy (non-hydrogen) atoms. The number of aromatic amines is 1. The third-order valence-electron chi connectivity index (χ3n) is 3.79. The largest absolute Gasteiger partial charge is 0.324 e. The molecule has 1 heterocycles. The zero-order chi connectivity index (χ0) is 14.1. The molecule has 0 amide bonds. The highest BCUT2D eigenvalue weighted by atomic mass is 32.2. The summed E-state index contributed by atoms with van der Waals surface area (Å²) in [7, 11) is -3.54. The Bertz CT molecular complexity index is 525. The smallest absolute Gasteiger partial charge is 0.244 e. The third kappa shape index (κ3) is 3.16. The third-order valence-corrected chi connectivity index (χ3v) is 5.46. The van der Waals surface area contributed by atoms with Crippen molar-refractivity contribution in [3.8, 4) is 0 Å². The molecule has 7 heteroatoms. The zero-order valence-electron chi connectivity index (χ0n) is 11.5. The summed E-state index contributed by atoms with van der Waals surface area (Å²) in [6.45, 7) is 3.67. The van der Waals surface area contributed by atoms with Gasteiger partial charge in [-0.15, -0.1) is 0 Å². The fourth-order valence-electron chi connectivity index (χ4n) is 2.68. The fraction of sp³-hybridized carbons (Fsp3) is 0.750. The maximum Gasteiger partial charge on any atom is 0.244 e. The van der Waals surface area contributed by atoms with Gasteiger partial charge in [0.15, 0.2) is 0 Å². The van der Waals surface area contributed by atoms with Crippen molar-refractivity contribution in [1.29, 1.82) is 0 Å². The molecule has 1 saturated carbocycles. The minimum Gasteiger partial charge on any atom is -0.324 e. The average molecular weight is 286 g/mol. The Labute approximate surface area is 114 Å². The Balaban J connectivity index is 2.10. The normalized spacial score (nSPS) is 19.5. The van der Waals surface area contributed by atoms with Crippen molar-refractivity contribution >= 4 is 10.0 Å². The van der Waals surface area contributed by atoms with Crippen LogP contribution in [0.1, 0.15) is 43.5 Å². The molecule has 0 atom stereocenters. The fourth-order valence-corrected chi connectivity index (χ4v) is 4.19. The van der Waals surface area contributed by atoms with Gasteiger partial charge in [-0.1, -0.05) is 19.3 Å². The Morgan fingerprint density at radius 2 is 1.95 bits per heavy atom. The van der Waals surface area contributed by atoms with Gasteiger partial charge < -0.3 is 5.73 Å². The molecule has 0 radical (unpaired) electrons. The Morgan fingerprint density at radius 3 is 2.47 bits per heavy atom. The van der Waals surface area contributed by atoms with Crippen LogP contribution in [0.15, 0.2) is 4.90 Å². The molecule has 1 fully saturated rings. The number of nitrogens with zero attached hydrogens (tertiary/aromatic N) is 1. The predicted octanol–water partition coefficient (Wildman–Crippen LogP) is 0.966. The second-order valence-corrected chi connectivity index (χ2v) is 7.21. The van der Waals surface area contributed by atoms with E-state index in [2.05, 4.69) is 14.9 Å². The van der Waals surface area contributed by atoms with Crippen molar-refractivity contribution in [3.63, 3.8) is 0 Å². The summed E-state index contributed by atoms with van der Waals surface area (Å²) in [5.74, 6) is 0. The van der Waals surface area contributed by atoms with Gasteiger partial charge in [0.1, 0.15) is 4.90 Å². The van der Waals surface area contributed by atoms with Crippen molar-refractivity contribution in [2.45, 2.75) is 56.4 Å². The first-order chi connectivity index (χ1) is 8.84. The van der Waals surface area contributed by atoms with Gasteiger partial charge in [-0.25, -0.2) is 13.1 Å². The first kappa shape index (κ1) is 14.5. The van der Waals surface area contributed by atoms with E-state index in [1.165, 1.54) is 6.42 Å². The first-order valence-electron chi connectivity index (χ1n) is 6.64. The minimum atomic E-state index is -3.54. The second-order valence-electron chi connectivity index (χ2n) is 5.51. The quantitative estimate of drug-likeness (QED) is 0.767. The van der Waals surface area contributed by atoms with E-state index in [9.17, 15) is 8.42 Å². The van der Waals surface area contributed by atoms with E-state index in [4.69, 9.17) is 5.73 Å². The highest BCUT2D eigenvalue weighted by Gasteiger charge is 2.30. The molecular formula is C12H22N4O2S. The maximum absolute atomic E-state index is 12.3. The van der Waals surface area contributed by atoms with Gasteiger partial charge in [0.2, 0.25) is 10.0 Å². The van der Waals surface area contributed by atoms with E-state index in [-0.39, 0.29) is 4.90 Å². The molecule has 1 aromatic heterocycles. The first-order valence-corrected chi connectivity index (χ1v) is 8.12. The summed E-state index contributed by atoms with van der Waals surface area (Å²) in [6, 6.07) is 0. The molecule has 0 saturated heterocycles. The van der Waals surface area contributed by atoms with E-state index in [1.807, 2.05) is 0 Å². The van der Waals surface area contributed by atoms with Gasteiger partial charge in [0.05, 0.1) is 11.4 Å². The predicted molar refractivity (Wildman–Crippen MR) is 73.3 cm³/mol. The van der Waals surface area contributed by atoms with Crippen molar-refractivity contribution in [2.24, 2.45) is 5.73 Å². The highest BCUT2D eigenvalue weighted by molar-refractivity contribution is 7.89. The summed E-state index contributed by atoms with van der Waals surface area (Å²) in [5, 5.41) is 6.61. The van der Waals surface area contributed by atoms with Crippen LogP contribution in [0.5, 0.6) is 0 Å². The molecule has 1 aliphatic carbocycles. The number of H-pyrrole nitrogens is 1. The summed E-state index contributed by atoms with van der Waals surface area (Å²) in [6.07, 6.45) is 5.08. The van der Waals surface area contributed by atoms with Crippen LogP contribution < -0.4 is 10.5 Å². The lowest BCUT2D eigenvalue weighted by molar-refractivity contribution is 0.296. The molecule has 2 rings (SSSR count). The van der Waals surface area contributed by atoms with Gasteiger partial charge in [0.25, 0.3) is 0 Å². The number of hydrogen-bond donors (Lipinski definition) is 3. The second kappa shape index (κ2) is 5.22. The van der Waals surface area contributed by atoms with Crippen LogP contribution in [-0.2, 0) is 10.0 Å². The van der Waals surface area contributed by atoms with Crippen molar-refractivity contribution in [2.75, 3.05) is 6.54 Å². The van der Waals surface area contributed by atoms with Crippen LogP contribution in [-0.4, -0.2) is 30.7 Å². The number of hydrogen-bond acceptors (Lipinski definition) is 4. The van der Waals surface area contributed by atoms with Gasteiger partial charge in [-0.3, -0.25) is 5.10 Å². The number of aromatic nitrogens is 2. The Morgan fingerprint density at radius 1 is 1.32 bits per heavy atom. The molecule has 6 nitrogen and oxygen atoms in total. The molecule has 4 N–H and O–H groups in total. The molecule has 0 aromatic carbocycles. The lowest BCUT2D eigenvalue weighted by atomic mass is 9.83. The highest BCUT2D eigenvalue weighted by Crippen LogP contribution is 2.26. The molecular weight excluding hydrogens is 264 g/mol. The Kier molecular flexibility index (Phi) is 3.98. The van der Waals surface area contributed by atoms with E-state index < -0.39 is 15.6 Å². The number of sulfonamides is 1. The lowest BCUT2D eigenvalue weighted by Crippen LogP contribution is -2.51. The van der Waals surface area contributed by atoms with E-state index in [0.29, 0.717) is 17.9 Å². The van der Waals surface area contributed by atoms with Crippen LogP contribution in [0.4, 0.5) is 0 Å². The summed E-state index contributed by atoms with van der Waals surface area (Å²) < 4.78 is 27.2. The molecule has 108 valence electrons. The Hall–Kier alpha value is -0.920. The number of nitrogens with two attached hydrogens (primary N) is 1. The van der Waals surface area contributed by atoms with Crippen molar-refractivity contribution in [3.05, 3.63) is 11.4 Å². The van der Waals surface area contributed by atoms with Gasteiger partial charge >= 0.3 is 0 Å². The molecule has 0 spiro atoms. The number of nitrogens with one attached hydrogen (secondary N) is 2. The van der Waals surface area contributed by atoms with Gasteiger partial charge in [0, 0.05) is 12.1 Å². The summed E-state index contributed by atoms with van der Waals surface area (Å²) in [5.41, 5.74) is 6.88. The van der Waals surface area contributed by atoms with E-state index in [1.54, 1.807) is 13.8 Å². The molecule has 0 bridgehead atoms. The van der Waals surface area contributed by atoms with Crippen LogP contribution in [0.2, 0.25) is 0 Å². The van der Waals surface area contributed by atoms with Gasteiger partial charge in [-0.2, -0.15) is 5.10 Å². The van der Waals surface area contributed by atoms with Crippen molar-refractivity contribution in [1.82, 2.24) is 14.9 Å². The lowest BCUT2D eigenvalue weighted by Gasteiger charge is -2.33. The average Bonchev–Trinajstić information content (AvgIpc) is 2.68. The van der Waals surface area contributed by atoms with Crippen LogP contribution in [0.3, 0.4) is 0 Å². The maximum atomic E-state index is 12.3. The van der Waals surface area contributed by atoms with E-state index >= 15 is 0 Å². The van der Waals surface area contributed by atoms with E-state index in [0.717, 1.165) is 25.7 Å². The number of aryl methyl sites for hydroxylation is 2.